The highest BCUT2D eigenvalue weighted by Crippen LogP contribution is 2.39. The highest BCUT2D eigenvalue weighted by atomic mass is 32.2. The van der Waals surface area contributed by atoms with Crippen LogP contribution in [0.1, 0.15) is 58.6 Å². The third-order valence-electron chi connectivity index (χ3n) is 8.86. The van der Waals surface area contributed by atoms with E-state index in [9.17, 15) is 34.1 Å². The maximum absolute atomic E-state index is 14.2. The van der Waals surface area contributed by atoms with Crippen molar-refractivity contribution in [3.05, 3.63) is 206 Å². The predicted octanol–water partition coefficient (Wildman–Crippen LogP) is 8.25. The fourth-order valence-corrected chi connectivity index (χ4v) is 7.29. The molecule has 1 aliphatic carbocycles. The van der Waals surface area contributed by atoms with Gasteiger partial charge in [0.15, 0.2) is 11.6 Å². The number of nitrogens with one attached hydrogen (secondary N) is 3. The molecular formula is C44H30N4O7S. The van der Waals surface area contributed by atoms with Crippen molar-refractivity contribution in [3.63, 3.8) is 0 Å². The van der Waals surface area contributed by atoms with E-state index in [0.717, 1.165) is 0 Å². The summed E-state index contributed by atoms with van der Waals surface area (Å²) in [6.07, 6.45) is 1.24. The molecule has 56 heavy (non-hydrogen) atoms. The largest absolute Gasteiger partial charge is 0.324 e. The Balaban J connectivity index is 1.16. The third kappa shape index (κ3) is 7.91. The highest BCUT2D eigenvalue weighted by molar-refractivity contribution is 8.00. The number of carbonyl (C=O) groups excluding carboxylic acids is 5. The van der Waals surface area contributed by atoms with Gasteiger partial charge in [0.2, 0.25) is 5.91 Å². The Bertz CT molecular complexity index is 2570. The van der Waals surface area contributed by atoms with Crippen LogP contribution in [0.3, 0.4) is 0 Å². The molecule has 0 spiro atoms. The standard InChI is InChI=1S/C44H30N4O7S/c49-39-32-20-8-9-21-33(32)40(50)38-34(39)22-12-23-35(38)46-44(53)41(27-13-3-1-4-14-27)56-31-19-11-18-30(26-31)45-43(52)36(47-42(51)28-15-5-2-6-16-28)25-29-17-7-10-24-37(29)48(54)55/h1-26,41H,(H,45,52)(H,46,53)(H,47,51)/b36-25+. The summed E-state index contributed by atoms with van der Waals surface area (Å²) in [5.74, 6) is -2.47. The summed E-state index contributed by atoms with van der Waals surface area (Å²) in [5, 5.41) is 19.2. The van der Waals surface area contributed by atoms with E-state index in [1.54, 1.807) is 127 Å². The van der Waals surface area contributed by atoms with Gasteiger partial charge in [-0.25, -0.2) is 0 Å². The maximum Gasteiger partial charge on any atom is 0.276 e. The second-order valence-electron chi connectivity index (χ2n) is 12.5. The van der Waals surface area contributed by atoms with E-state index in [1.165, 1.54) is 36.0 Å². The molecule has 0 bridgehead atoms. The van der Waals surface area contributed by atoms with Crippen LogP contribution in [0.2, 0.25) is 0 Å². The van der Waals surface area contributed by atoms with Gasteiger partial charge < -0.3 is 16.0 Å². The average Bonchev–Trinajstić information content (AvgIpc) is 3.22. The second-order valence-corrected chi connectivity index (χ2v) is 13.7. The Morgan fingerprint density at radius 1 is 0.661 bits per heavy atom. The molecule has 0 fully saturated rings. The van der Waals surface area contributed by atoms with Gasteiger partial charge in [0.25, 0.3) is 17.5 Å². The molecule has 12 heteroatoms. The molecule has 0 aliphatic heterocycles. The Morgan fingerprint density at radius 2 is 1.29 bits per heavy atom. The number of hydrogen-bond donors (Lipinski definition) is 3. The lowest BCUT2D eigenvalue weighted by atomic mass is 9.83. The number of hydrogen-bond acceptors (Lipinski definition) is 8. The molecule has 0 saturated carbocycles. The van der Waals surface area contributed by atoms with Crippen molar-refractivity contribution >= 4 is 64.2 Å². The summed E-state index contributed by atoms with van der Waals surface area (Å²) in [6.45, 7) is 0. The smallest absolute Gasteiger partial charge is 0.276 e. The van der Waals surface area contributed by atoms with E-state index < -0.39 is 27.9 Å². The van der Waals surface area contributed by atoms with Crippen LogP contribution in [0.15, 0.2) is 162 Å². The lowest BCUT2D eigenvalue weighted by Crippen LogP contribution is -2.30. The Hall–Kier alpha value is -7.44. The van der Waals surface area contributed by atoms with Crippen LogP contribution in [-0.4, -0.2) is 34.2 Å². The number of ketones is 2. The zero-order chi connectivity index (χ0) is 39.2. The molecule has 0 saturated heterocycles. The van der Waals surface area contributed by atoms with Gasteiger partial charge in [0, 0.05) is 38.9 Å². The zero-order valence-electron chi connectivity index (χ0n) is 29.3. The van der Waals surface area contributed by atoms with Gasteiger partial charge in [-0.1, -0.05) is 103 Å². The average molecular weight is 759 g/mol. The topological polar surface area (TPSA) is 165 Å². The van der Waals surface area contributed by atoms with Gasteiger partial charge in [-0.3, -0.25) is 34.1 Å². The number of carbonyl (C=O) groups is 5. The molecule has 1 unspecified atom stereocenters. The molecule has 0 radical (unpaired) electrons. The molecule has 0 aromatic heterocycles. The fourth-order valence-electron chi connectivity index (χ4n) is 6.20. The van der Waals surface area contributed by atoms with Crippen LogP contribution >= 0.6 is 11.8 Å². The highest BCUT2D eigenvalue weighted by Gasteiger charge is 2.33. The predicted molar refractivity (Wildman–Crippen MR) is 213 cm³/mol. The number of benzene rings is 6. The summed E-state index contributed by atoms with van der Waals surface area (Å²) >= 11 is 1.19. The van der Waals surface area contributed by atoms with Crippen LogP contribution in [-0.2, 0) is 9.59 Å². The van der Waals surface area contributed by atoms with Crippen molar-refractivity contribution < 1.29 is 28.9 Å². The van der Waals surface area contributed by atoms with Crippen LogP contribution in [0.25, 0.3) is 6.08 Å². The molecule has 1 atom stereocenters. The summed E-state index contributed by atoms with van der Waals surface area (Å²) in [6, 6.07) is 41.1. The van der Waals surface area contributed by atoms with Crippen molar-refractivity contribution in [1.29, 1.82) is 0 Å². The van der Waals surface area contributed by atoms with E-state index in [0.29, 0.717) is 21.7 Å². The summed E-state index contributed by atoms with van der Waals surface area (Å²) in [7, 11) is 0. The number of amides is 3. The van der Waals surface area contributed by atoms with Gasteiger partial charge in [-0.15, -0.1) is 11.8 Å². The summed E-state index contributed by atoms with van der Waals surface area (Å²) < 4.78 is 0. The molecular weight excluding hydrogens is 729 g/mol. The van der Waals surface area contributed by atoms with Crippen molar-refractivity contribution in [3.8, 4) is 0 Å². The first-order chi connectivity index (χ1) is 27.2. The van der Waals surface area contributed by atoms with Crippen LogP contribution in [0.5, 0.6) is 0 Å². The minimum Gasteiger partial charge on any atom is -0.324 e. The van der Waals surface area contributed by atoms with E-state index in [4.69, 9.17) is 0 Å². The summed E-state index contributed by atoms with van der Waals surface area (Å²) in [4.78, 5) is 79.8. The Labute approximate surface area is 324 Å². The zero-order valence-corrected chi connectivity index (χ0v) is 30.1. The van der Waals surface area contributed by atoms with E-state index in [-0.39, 0.29) is 56.5 Å². The minimum absolute atomic E-state index is 0.104. The monoisotopic (exact) mass is 758 g/mol. The first kappa shape index (κ1) is 36.9. The lowest BCUT2D eigenvalue weighted by Gasteiger charge is -2.22. The Kier molecular flexibility index (Phi) is 10.7. The van der Waals surface area contributed by atoms with Crippen molar-refractivity contribution in [2.75, 3.05) is 10.6 Å². The first-order valence-corrected chi connectivity index (χ1v) is 18.1. The molecule has 1 aliphatic rings. The van der Waals surface area contributed by atoms with Gasteiger partial charge >= 0.3 is 0 Å². The molecule has 7 rings (SSSR count). The molecule has 6 aromatic rings. The number of para-hydroxylation sites is 1. The molecule has 0 heterocycles. The van der Waals surface area contributed by atoms with E-state index in [2.05, 4.69) is 16.0 Å². The first-order valence-electron chi connectivity index (χ1n) is 17.2. The molecule has 11 nitrogen and oxygen atoms in total. The van der Waals surface area contributed by atoms with Crippen molar-refractivity contribution in [1.82, 2.24) is 5.32 Å². The summed E-state index contributed by atoms with van der Waals surface area (Å²) in [5.41, 5.74) is 1.94. The fraction of sp³-hybridized carbons (Fsp3) is 0.0227. The normalized spacial score (nSPS) is 12.5. The minimum atomic E-state index is -0.848. The van der Waals surface area contributed by atoms with E-state index >= 15 is 0 Å². The molecule has 3 N–H and O–H groups in total. The SMILES string of the molecule is O=C(Nc1cccc(SC(C(=O)Nc2cccc3c2C(=O)c2ccccc2C3=O)c2ccccc2)c1)/C(=C\c1ccccc1[N+](=O)[O-])NC(=O)c1ccccc1. The molecule has 274 valence electrons. The van der Waals surface area contributed by atoms with Crippen LogP contribution < -0.4 is 16.0 Å². The Morgan fingerprint density at radius 3 is 2.02 bits per heavy atom. The number of nitrogens with zero attached hydrogens (tertiary/aromatic N) is 1. The van der Waals surface area contributed by atoms with Gasteiger partial charge in [-0.2, -0.15) is 0 Å². The van der Waals surface area contributed by atoms with Crippen LogP contribution in [0, 0.1) is 10.1 Å². The third-order valence-corrected chi connectivity index (χ3v) is 10.1. The number of thioether (sulfide) groups is 1. The van der Waals surface area contributed by atoms with Gasteiger partial charge in [0.05, 0.1) is 21.7 Å². The number of rotatable bonds is 11. The van der Waals surface area contributed by atoms with E-state index in [1.807, 2.05) is 6.07 Å². The van der Waals surface area contributed by atoms with Gasteiger partial charge in [0.1, 0.15) is 10.9 Å². The molecule has 6 aromatic carbocycles. The lowest BCUT2D eigenvalue weighted by molar-refractivity contribution is -0.385. The maximum atomic E-state index is 14.2. The number of nitro groups is 1. The molecule has 3 amide bonds. The van der Waals surface area contributed by atoms with Crippen molar-refractivity contribution in [2.24, 2.45) is 0 Å². The number of nitro benzene ring substituents is 1. The van der Waals surface area contributed by atoms with Crippen LogP contribution in [0.4, 0.5) is 17.1 Å². The number of fused-ring (bicyclic) bond motifs is 2. The second kappa shape index (κ2) is 16.3. The van der Waals surface area contributed by atoms with Crippen molar-refractivity contribution in [2.45, 2.75) is 10.1 Å². The van der Waals surface area contributed by atoms with Gasteiger partial charge in [-0.05, 0) is 54.1 Å². The number of anilines is 2. The quantitative estimate of drug-likeness (QED) is 0.0514.